The van der Waals surface area contributed by atoms with Crippen molar-refractivity contribution in [2.24, 2.45) is 0 Å². The second-order valence-corrected chi connectivity index (χ2v) is 9.53. The van der Waals surface area contributed by atoms with Crippen LogP contribution < -0.4 is 4.74 Å². The minimum absolute atomic E-state index is 0.0159. The van der Waals surface area contributed by atoms with Crippen molar-refractivity contribution < 1.29 is 57.5 Å². The van der Waals surface area contributed by atoms with E-state index in [0.29, 0.717) is 5.69 Å². The van der Waals surface area contributed by atoms with Gasteiger partial charge in [0.2, 0.25) is 0 Å². The summed E-state index contributed by atoms with van der Waals surface area (Å²) in [5.41, 5.74) is 2.26. The van der Waals surface area contributed by atoms with E-state index in [1.54, 1.807) is 10.9 Å². The summed E-state index contributed by atoms with van der Waals surface area (Å²) in [5, 5.41) is 12.2. The molecule has 0 spiro atoms. The van der Waals surface area contributed by atoms with Crippen molar-refractivity contribution in [1.82, 2.24) is 4.98 Å². The molecule has 1 saturated heterocycles. The van der Waals surface area contributed by atoms with E-state index in [9.17, 15) is 29.1 Å². The number of aromatic nitrogens is 1. The maximum absolute atomic E-state index is 12.6. The van der Waals surface area contributed by atoms with Gasteiger partial charge in [-0.25, -0.2) is 4.98 Å². The Morgan fingerprint density at radius 1 is 0.875 bits per heavy atom. The number of phenols is 1. The first-order valence-corrected chi connectivity index (χ1v) is 13.1. The minimum Gasteiger partial charge on any atom is -0.507 e. The summed E-state index contributed by atoms with van der Waals surface area (Å²) < 4.78 is 32.9. The molecule has 0 radical (unpaired) electrons. The Labute approximate surface area is 233 Å². The van der Waals surface area contributed by atoms with Crippen LogP contribution in [-0.2, 0) is 49.3 Å². The van der Waals surface area contributed by atoms with Crippen LogP contribution in [0.4, 0.5) is 0 Å². The maximum Gasteiger partial charge on any atom is 0.303 e. The standard InChI is InChI=1S/C26H29NO12S/c1-13(28)34-9-22-24(36-14(2)29)26(38-16(4)31)25(37-15(3)30)23(39-22)10-35-18-5-6-19(21(33)8-18)20(32)7-17-11-40-12-27-17/h5-6,8,11-12,22-26,33H,7,9-10H2,1-4H3. The number of ether oxygens (including phenoxy) is 6. The number of ketones is 1. The molecule has 1 fully saturated rings. The number of carbonyl (C=O) groups is 5. The number of hydrogen-bond acceptors (Lipinski definition) is 14. The highest BCUT2D eigenvalue weighted by Gasteiger charge is 2.52. The van der Waals surface area contributed by atoms with Crippen molar-refractivity contribution in [3.8, 4) is 11.5 Å². The highest BCUT2D eigenvalue weighted by molar-refractivity contribution is 7.07. The first-order valence-electron chi connectivity index (χ1n) is 12.1. The van der Waals surface area contributed by atoms with Gasteiger partial charge in [0.05, 0.1) is 23.2 Å². The first-order chi connectivity index (χ1) is 18.9. The Balaban J connectivity index is 1.83. The quantitative estimate of drug-likeness (QED) is 0.232. The molecule has 2 aromatic rings. The summed E-state index contributed by atoms with van der Waals surface area (Å²) in [4.78, 5) is 63.8. The Morgan fingerprint density at radius 2 is 1.48 bits per heavy atom. The lowest BCUT2D eigenvalue weighted by molar-refractivity contribution is -0.255. The SMILES string of the molecule is CC(=O)OCC1OC(COc2ccc(C(=O)Cc3cscn3)c(O)c2)C(OC(C)=O)C(OC(C)=O)C1OC(C)=O. The number of rotatable bonds is 11. The van der Waals surface area contributed by atoms with Gasteiger partial charge in [0.25, 0.3) is 0 Å². The summed E-state index contributed by atoms with van der Waals surface area (Å²) in [6.07, 6.45) is -6.10. The molecule has 0 saturated carbocycles. The van der Waals surface area contributed by atoms with E-state index >= 15 is 0 Å². The predicted octanol–water partition coefficient (Wildman–Crippen LogP) is 1.78. The maximum atomic E-state index is 12.6. The summed E-state index contributed by atoms with van der Waals surface area (Å²) in [5.74, 6) is -3.38. The van der Waals surface area contributed by atoms with Crippen LogP contribution >= 0.6 is 11.3 Å². The van der Waals surface area contributed by atoms with E-state index < -0.39 is 54.4 Å². The number of benzene rings is 1. The molecule has 1 aliphatic rings. The van der Waals surface area contributed by atoms with Gasteiger partial charge < -0.3 is 33.5 Å². The lowest BCUT2D eigenvalue weighted by atomic mass is 9.94. The van der Waals surface area contributed by atoms with Crippen molar-refractivity contribution in [2.75, 3.05) is 13.2 Å². The average molecular weight is 580 g/mol. The van der Waals surface area contributed by atoms with Crippen molar-refractivity contribution in [1.29, 1.82) is 0 Å². The molecule has 13 nitrogen and oxygen atoms in total. The molecule has 40 heavy (non-hydrogen) atoms. The van der Waals surface area contributed by atoms with Gasteiger partial charge in [-0.1, -0.05) is 0 Å². The first kappa shape index (κ1) is 30.5. The Morgan fingerprint density at radius 3 is 2.00 bits per heavy atom. The van der Waals surface area contributed by atoms with Crippen molar-refractivity contribution in [3.63, 3.8) is 0 Å². The number of thiazole rings is 1. The molecule has 0 amide bonds. The van der Waals surface area contributed by atoms with Crippen LogP contribution in [0.3, 0.4) is 0 Å². The van der Waals surface area contributed by atoms with Crippen LogP contribution in [0.15, 0.2) is 29.1 Å². The third kappa shape index (κ3) is 8.48. The van der Waals surface area contributed by atoms with E-state index in [1.165, 1.54) is 36.5 Å². The Bertz CT molecular complexity index is 1230. The number of hydrogen-bond donors (Lipinski definition) is 1. The van der Waals surface area contributed by atoms with E-state index in [4.69, 9.17) is 28.4 Å². The van der Waals surface area contributed by atoms with Gasteiger partial charge in [0.1, 0.15) is 36.9 Å². The van der Waals surface area contributed by atoms with E-state index in [2.05, 4.69) is 4.98 Å². The van der Waals surface area contributed by atoms with Gasteiger partial charge in [-0.15, -0.1) is 11.3 Å². The number of carbonyl (C=O) groups excluding carboxylic acids is 5. The largest absolute Gasteiger partial charge is 0.507 e. The highest BCUT2D eigenvalue weighted by atomic mass is 32.1. The average Bonchev–Trinajstić information content (AvgIpc) is 3.36. The topological polar surface area (TPSA) is 174 Å². The summed E-state index contributed by atoms with van der Waals surface area (Å²) >= 11 is 1.35. The fourth-order valence-corrected chi connectivity index (χ4v) is 4.61. The fourth-order valence-electron chi connectivity index (χ4n) is 4.05. The summed E-state index contributed by atoms with van der Waals surface area (Å²) in [7, 11) is 0. The molecular weight excluding hydrogens is 550 g/mol. The molecule has 2 heterocycles. The van der Waals surface area contributed by atoms with Gasteiger partial charge in [-0.05, 0) is 12.1 Å². The number of aromatic hydroxyl groups is 1. The molecule has 5 atom stereocenters. The summed E-state index contributed by atoms with van der Waals surface area (Å²) in [6, 6.07) is 4.09. The van der Waals surface area contributed by atoms with Crippen LogP contribution in [-0.4, -0.2) is 83.5 Å². The molecule has 1 aliphatic heterocycles. The third-order valence-electron chi connectivity index (χ3n) is 5.60. The predicted molar refractivity (Wildman–Crippen MR) is 136 cm³/mol. The second kappa shape index (κ2) is 13.8. The number of nitrogens with zero attached hydrogens (tertiary/aromatic N) is 1. The Hall–Kier alpha value is -4.04. The van der Waals surface area contributed by atoms with Gasteiger partial charge in [-0.2, -0.15) is 0 Å². The van der Waals surface area contributed by atoms with E-state index in [-0.39, 0.29) is 42.5 Å². The minimum atomic E-state index is -1.33. The van der Waals surface area contributed by atoms with Crippen LogP contribution in [0.2, 0.25) is 0 Å². The van der Waals surface area contributed by atoms with Gasteiger partial charge in [0, 0.05) is 39.1 Å². The lowest BCUT2D eigenvalue weighted by Gasteiger charge is -2.44. The molecule has 1 aromatic heterocycles. The normalized spacial score (nSPS) is 22.1. The zero-order valence-electron chi connectivity index (χ0n) is 22.2. The fraction of sp³-hybridized carbons (Fsp3) is 0.462. The van der Waals surface area contributed by atoms with Gasteiger partial charge in [0.15, 0.2) is 24.1 Å². The zero-order valence-corrected chi connectivity index (χ0v) is 23.0. The van der Waals surface area contributed by atoms with Crippen LogP contribution in [0.1, 0.15) is 43.7 Å². The number of Topliss-reactive ketones (excluding diaryl/α,β-unsaturated/α-hetero) is 1. The van der Waals surface area contributed by atoms with Crippen molar-refractivity contribution >= 4 is 41.0 Å². The molecule has 3 rings (SSSR count). The number of phenolic OH excluding ortho intramolecular Hbond substituents is 1. The van der Waals surface area contributed by atoms with E-state index in [0.717, 1.165) is 20.8 Å². The molecular formula is C26H29NO12S. The monoisotopic (exact) mass is 579 g/mol. The zero-order chi connectivity index (χ0) is 29.4. The van der Waals surface area contributed by atoms with Crippen LogP contribution in [0.25, 0.3) is 0 Å². The molecule has 5 unspecified atom stereocenters. The van der Waals surface area contributed by atoms with Crippen LogP contribution in [0.5, 0.6) is 11.5 Å². The molecule has 216 valence electrons. The lowest BCUT2D eigenvalue weighted by Crippen LogP contribution is -2.63. The smallest absolute Gasteiger partial charge is 0.303 e. The number of esters is 4. The molecule has 1 aromatic carbocycles. The molecule has 0 aliphatic carbocycles. The van der Waals surface area contributed by atoms with Crippen molar-refractivity contribution in [2.45, 2.75) is 64.6 Å². The highest BCUT2D eigenvalue weighted by Crippen LogP contribution is 2.31. The summed E-state index contributed by atoms with van der Waals surface area (Å²) in [6.45, 7) is 3.88. The van der Waals surface area contributed by atoms with Gasteiger partial charge >= 0.3 is 23.9 Å². The second-order valence-electron chi connectivity index (χ2n) is 8.81. The van der Waals surface area contributed by atoms with Crippen LogP contribution in [0, 0.1) is 0 Å². The third-order valence-corrected chi connectivity index (χ3v) is 6.23. The Kier molecular flexibility index (Phi) is 10.6. The molecule has 1 N–H and O–H groups in total. The van der Waals surface area contributed by atoms with E-state index in [1.807, 2.05) is 0 Å². The van der Waals surface area contributed by atoms with Gasteiger partial charge in [-0.3, -0.25) is 24.0 Å². The molecule has 0 bridgehead atoms. The molecule has 14 heteroatoms. The van der Waals surface area contributed by atoms with Crippen molar-refractivity contribution in [3.05, 3.63) is 40.3 Å².